The third-order valence-electron chi connectivity index (χ3n) is 4.94. The summed E-state index contributed by atoms with van der Waals surface area (Å²) in [4.78, 5) is 15.0. The molecule has 0 unspecified atom stereocenters. The highest BCUT2D eigenvalue weighted by molar-refractivity contribution is 7.89. The number of furan rings is 1. The van der Waals surface area contributed by atoms with Crippen molar-refractivity contribution >= 4 is 15.9 Å². The first-order valence-corrected chi connectivity index (χ1v) is 10.0. The van der Waals surface area contributed by atoms with Crippen LogP contribution < -0.4 is 0 Å². The number of carbonyl (C=O) groups excluding carboxylic acids is 1. The first kappa shape index (κ1) is 18.7. The minimum absolute atomic E-state index is 0.155. The lowest BCUT2D eigenvalue weighted by molar-refractivity contribution is 0.0745. The molecule has 2 heterocycles. The Morgan fingerprint density at radius 2 is 1.96 bits per heavy atom. The van der Waals surface area contributed by atoms with Crippen molar-refractivity contribution in [1.29, 1.82) is 0 Å². The van der Waals surface area contributed by atoms with Crippen molar-refractivity contribution in [3.05, 3.63) is 52.5 Å². The van der Waals surface area contributed by atoms with Gasteiger partial charge in [-0.2, -0.15) is 0 Å². The van der Waals surface area contributed by atoms with Crippen molar-refractivity contribution < 1.29 is 17.6 Å². The number of amides is 1. The number of rotatable bonds is 3. The van der Waals surface area contributed by atoms with Crippen LogP contribution in [-0.2, 0) is 23.0 Å². The smallest absolute Gasteiger partial charge is 0.254 e. The molecule has 0 radical (unpaired) electrons. The first-order chi connectivity index (χ1) is 12.2. The number of nitrogens with zero attached hydrogens (tertiary/aromatic N) is 2. The van der Waals surface area contributed by atoms with Crippen molar-refractivity contribution in [3.8, 4) is 0 Å². The molecular weight excluding hydrogens is 352 g/mol. The zero-order valence-corrected chi connectivity index (χ0v) is 16.4. The molecule has 0 aliphatic carbocycles. The van der Waals surface area contributed by atoms with Crippen molar-refractivity contribution in [2.75, 3.05) is 20.6 Å². The summed E-state index contributed by atoms with van der Waals surface area (Å²) in [5, 5.41) is 0. The Hall–Kier alpha value is -2.12. The number of carbonyl (C=O) groups is 1. The normalized spacial score (nSPS) is 15.0. The second kappa shape index (κ2) is 6.89. The fourth-order valence-corrected chi connectivity index (χ4v) is 4.43. The van der Waals surface area contributed by atoms with E-state index in [2.05, 4.69) is 0 Å². The molecule has 1 aliphatic heterocycles. The van der Waals surface area contributed by atoms with Crippen molar-refractivity contribution in [3.63, 3.8) is 0 Å². The molecule has 1 amide bonds. The van der Waals surface area contributed by atoms with E-state index in [0.29, 0.717) is 24.2 Å². The van der Waals surface area contributed by atoms with Gasteiger partial charge in [0.1, 0.15) is 5.76 Å². The fourth-order valence-electron chi connectivity index (χ4n) is 3.21. The molecule has 7 heteroatoms. The van der Waals surface area contributed by atoms with Gasteiger partial charge in [0.15, 0.2) is 0 Å². The number of fused-ring (bicyclic) bond motifs is 1. The summed E-state index contributed by atoms with van der Waals surface area (Å²) in [5.41, 5.74) is 2.87. The number of hydrogen-bond donors (Lipinski definition) is 0. The van der Waals surface area contributed by atoms with E-state index in [-0.39, 0.29) is 10.8 Å². The van der Waals surface area contributed by atoms with Gasteiger partial charge >= 0.3 is 0 Å². The predicted octanol–water partition coefficient (Wildman–Crippen LogP) is 2.74. The molecule has 1 aromatic heterocycles. The average molecular weight is 376 g/mol. The van der Waals surface area contributed by atoms with Gasteiger partial charge in [0.05, 0.1) is 11.2 Å². The van der Waals surface area contributed by atoms with Crippen LogP contribution >= 0.6 is 0 Å². The fraction of sp³-hybridized carbons (Fsp3) is 0.421. The zero-order valence-electron chi connectivity index (χ0n) is 15.6. The molecule has 0 saturated carbocycles. The van der Waals surface area contributed by atoms with Crippen LogP contribution in [0.2, 0.25) is 0 Å². The molecule has 2 aromatic rings. The molecule has 26 heavy (non-hydrogen) atoms. The van der Waals surface area contributed by atoms with E-state index in [1.165, 1.54) is 24.5 Å². The standard InChI is InChI=1S/C19H24N2O4S/c1-13-10-16(11-18(14(13)2)26(23,24)20(3)4)19(22)21-8-5-6-17-15(12-21)7-9-25-17/h7,9-11H,5-6,8,12H2,1-4H3. The number of aryl methyl sites for hydroxylation is 2. The molecular formula is C19H24N2O4S. The van der Waals surface area contributed by atoms with Gasteiger partial charge in [0, 0.05) is 44.7 Å². The minimum Gasteiger partial charge on any atom is -0.469 e. The van der Waals surface area contributed by atoms with E-state index in [9.17, 15) is 13.2 Å². The lowest BCUT2D eigenvalue weighted by Crippen LogP contribution is -2.31. The highest BCUT2D eigenvalue weighted by atomic mass is 32.2. The highest BCUT2D eigenvalue weighted by Gasteiger charge is 2.26. The Balaban J connectivity index is 1.99. The van der Waals surface area contributed by atoms with Crippen LogP contribution in [0.15, 0.2) is 33.8 Å². The van der Waals surface area contributed by atoms with Crippen LogP contribution in [-0.4, -0.2) is 44.2 Å². The summed E-state index contributed by atoms with van der Waals surface area (Å²) in [6.07, 6.45) is 3.27. The van der Waals surface area contributed by atoms with E-state index in [1.54, 1.807) is 24.2 Å². The summed E-state index contributed by atoms with van der Waals surface area (Å²) in [7, 11) is -0.628. The van der Waals surface area contributed by atoms with Crippen LogP contribution in [0.4, 0.5) is 0 Å². The monoisotopic (exact) mass is 376 g/mol. The van der Waals surface area contributed by atoms with Gasteiger partial charge in [-0.1, -0.05) is 0 Å². The average Bonchev–Trinajstić information content (AvgIpc) is 2.93. The van der Waals surface area contributed by atoms with Crippen LogP contribution in [0.25, 0.3) is 0 Å². The molecule has 0 spiro atoms. The van der Waals surface area contributed by atoms with Gasteiger partial charge in [-0.3, -0.25) is 4.79 Å². The minimum atomic E-state index is -3.62. The van der Waals surface area contributed by atoms with Gasteiger partial charge in [-0.15, -0.1) is 0 Å². The molecule has 0 fully saturated rings. The van der Waals surface area contributed by atoms with E-state index >= 15 is 0 Å². The Labute approximate surface area is 154 Å². The molecule has 6 nitrogen and oxygen atoms in total. The van der Waals surface area contributed by atoms with Crippen LogP contribution in [0.3, 0.4) is 0 Å². The van der Waals surface area contributed by atoms with Gasteiger partial charge in [0.25, 0.3) is 5.91 Å². The zero-order chi connectivity index (χ0) is 19.1. The summed E-state index contributed by atoms with van der Waals surface area (Å²) < 4.78 is 31.9. The quantitative estimate of drug-likeness (QED) is 0.826. The predicted molar refractivity (Wildman–Crippen MR) is 98.6 cm³/mol. The SMILES string of the molecule is Cc1cc(C(=O)N2CCCc3occc3C2)cc(S(=O)(=O)N(C)C)c1C. The third kappa shape index (κ3) is 3.29. The van der Waals surface area contributed by atoms with Crippen molar-refractivity contribution in [2.24, 2.45) is 0 Å². The maximum atomic E-state index is 13.1. The maximum Gasteiger partial charge on any atom is 0.254 e. The Morgan fingerprint density at radius 1 is 1.23 bits per heavy atom. The van der Waals surface area contributed by atoms with E-state index < -0.39 is 10.0 Å². The summed E-state index contributed by atoms with van der Waals surface area (Å²) >= 11 is 0. The van der Waals surface area contributed by atoms with Crippen LogP contribution in [0.5, 0.6) is 0 Å². The molecule has 140 valence electrons. The Morgan fingerprint density at radius 3 is 2.65 bits per heavy atom. The van der Waals surface area contributed by atoms with Crippen molar-refractivity contribution in [2.45, 2.75) is 38.1 Å². The van der Waals surface area contributed by atoms with Gasteiger partial charge in [0.2, 0.25) is 10.0 Å². The van der Waals surface area contributed by atoms with Gasteiger partial charge < -0.3 is 9.32 Å². The topological polar surface area (TPSA) is 70.8 Å². The van der Waals surface area contributed by atoms with E-state index in [0.717, 1.165) is 29.7 Å². The second-order valence-corrected chi connectivity index (χ2v) is 9.02. The maximum absolute atomic E-state index is 13.1. The second-order valence-electron chi connectivity index (χ2n) is 6.90. The van der Waals surface area contributed by atoms with E-state index in [1.807, 2.05) is 13.0 Å². The molecule has 0 bridgehead atoms. The molecule has 0 N–H and O–H groups in total. The largest absolute Gasteiger partial charge is 0.469 e. The molecule has 0 atom stereocenters. The molecule has 0 saturated heterocycles. The molecule has 1 aliphatic rings. The first-order valence-electron chi connectivity index (χ1n) is 8.60. The van der Waals surface area contributed by atoms with Crippen LogP contribution in [0.1, 0.15) is 39.2 Å². The Bertz CT molecular complexity index is 944. The lowest BCUT2D eigenvalue weighted by Gasteiger charge is -2.22. The third-order valence-corrected chi connectivity index (χ3v) is 6.88. The number of hydrogen-bond acceptors (Lipinski definition) is 4. The Kier molecular flexibility index (Phi) is 4.94. The van der Waals surface area contributed by atoms with Crippen LogP contribution in [0, 0.1) is 13.8 Å². The van der Waals surface area contributed by atoms with E-state index in [4.69, 9.17) is 4.42 Å². The number of sulfonamides is 1. The van der Waals surface area contributed by atoms with Gasteiger partial charge in [-0.05, 0) is 49.6 Å². The lowest BCUT2D eigenvalue weighted by atomic mass is 10.1. The molecule has 1 aromatic carbocycles. The summed E-state index contributed by atoms with van der Waals surface area (Å²) in [6.45, 7) is 4.69. The van der Waals surface area contributed by atoms with Gasteiger partial charge in [-0.25, -0.2) is 12.7 Å². The summed E-state index contributed by atoms with van der Waals surface area (Å²) in [6, 6.07) is 5.16. The van der Waals surface area contributed by atoms with Crippen molar-refractivity contribution in [1.82, 2.24) is 9.21 Å². The highest BCUT2D eigenvalue weighted by Crippen LogP contribution is 2.26. The number of benzene rings is 1. The molecule has 3 rings (SSSR count). The summed E-state index contributed by atoms with van der Waals surface area (Å²) in [5.74, 6) is 0.772.